The van der Waals surface area contributed by atoms with E-state index >= 15 is 0 Å². The number of hydrogen-bond donors (Lipinski definition) is 4. The Bertz CT molecular complexity index is 518. The molecule has 4 nitrogen and oxygen atoms in total. The summed E-state index contributed by atoms with van der Waals surface area (Å²) in [6, 6.07) is 0. The maximum absolute atomic E-state index is 10.5. The molecule has 2 saturated carbocycles. The molecule has 0 aromatic heterocycles. The average molecular weight is 338 g/mol. The molecule has 0 radical (unpaired) electrons. The summed E-state index contributed by atoms with van der Waals surface area (Å²) in [4.78, 5) is 0. The van der Waals surface area contributed by atoms with Gasteiger partial charge in [0.15, 0.2) is 0 Å². The van der Waals surface area contributed by atoms with Crippen molar-refractivity contribution in [2.45, 2.75) is 71.5 Å². The van der Waals surface area contributed by atoms with Gasteiger partial charge in [-0.05, 0) is 61.2 Å². The van der Waals surface area contributed by atoms with E-state index in [0.29, 0.717) is 18.3 Å². The zero-order valence-electron chi connectivity index (χ0n) is 15.3. The van der Waals surface area contributed by atoms with Crippen LogP contribution in [0.15, 0.2) is 11.6 Å². The number of rotatable bonds is 3. The molecule has 0 unspecified atom stereocenters. The quantitative estimate of drug-likeness (QED) is 0.595. The Morgan fingerprint density at radius 2 is 1.88 bits per heavy atom. The lowest BCUT2D eigenvalue weighted by molar-refractivity contribution is -0.134. The Hall–Kier alpha value is -0.420. The second-order valence-electron chi connectivity index (χ2n) is 9.49. The van der Waals surface area contributed by atoms with E-state index in [2.05, 4.69) is 19.9 Å². The molecular weight excluding hydrogens is 304 g/mol. The minimum Gasteiger partial charge on any atom is -0.396 e. The van der Waals surface area contributed by atoms with Crippen LogP contribution >= 0.6 is 0 Å². The first-order valence-corrected chi connectivity index (χ1v) is 9.48. The Labute approximate surface area is 145 Å². The minimum absolute atomic E-state index is 0.00469. The van der Waals surface area contributed by atoms with E-state index in [0.717, 1.165) is 32.1 Å². The van der Waals surface area contributed by atoms with Gasteiger partial charge in [-0.1, -0.05) is 32.4 Å². The summed E-state index contributed by atoms with van der Waals surface area (Å²) in [7, 11) is 0. The smallest absolute Gasteiger partial charge is 0.0858 e. The second-order valence-corrected chi connectivity index (χ2v) is 9.49. The van der Waals surface area contributed by atoms with Crippen LogP contribution in [-0.2, 0) is 0 Å². The van der Waals surface area contributed by atoms with Crippen LogP contribution in [0.1, 0.15) is 59.3 Å². The molecule has 7 atom stereocenters. The molecule has 4 heteroatoms. The molecule has 24 heavy (non-hydrogen) atoms. The van der Waals surface area contributed by atoms with Crippen molar-refractivity contribution in [1.82, 2.24) is 0 Å². The lowest BCUT2D eigenvalue weighted by Gasteiger charge is -2.61. The van der Waals surface area contributed by atoms with E-state index in [4.69, 9.17) is 0 Å². The number of hydrogen-bond acceptors (Lipinski definition) is 4. The first-order valence-electron chi connectivity index (χ1n) is 9.48. The van der Waals surface area contributed by atoms with Gasteiger partial charge in [-0.25, -0.2) is 0 Å². The van der Waals surface area contributed by atoms with Gasteiger partial charge in [0.1, 0.15) is 0 Å². The lowest BCUT2D eigenvalue weighted by atomic mass is 9.44. The van der Waals surface area contributed by atoms with Gasteiger partial charge >= 0.3 is 0 Å². The highest BCUT2D eigenvalue weighted by Crippen LogP contribution is 2.63. The van der Waals surface area contributed by atoms with Crippen LogP contribution < -0.4 is 0 Å². The van der Waals surface area contributed by atoms with Gasteiger partial charge in [-0.2, -0.15) is 0 Å². The molecule has 0 amide bonds. The van der Waals surface area contributed by atoms with Gasteiger partial charge in [-0.15, -0.1) is 0 Å². The molecular formula is C20H34O4. The number of aliphatic hydroxyl groups excluding tert-OH is 4. The highest BCUT2D eigenvalue weighted by atomic mass is 16.3. The standard InChI is InChI=1S/C20H34O4/c1-18(17(24)11-21)7-6-15-13(8-18)4-5-16-19(2,12-22)9-14(23)10-20(15,16)3/h8,14-17,21-24H,4-7,9-12H2,1-3H3/t14-,15-,16-,17+,18+,19-,20+/m1/s1. The van der Waals surface area contributed by atoms with Crippen molar-refractivity contribution >= 4 is 0 Å². The fraction of sp³-hybridized carbons (Fsp3) is 0.900. The van der Waals surface area contributed by atoms with E-state index < -0.39 is 6.10 Å². The fourth-order valence-corrected chi connectivity index (χ4v) is 6.46. The highest BCUT2D eigenvalue weighted by Gasteiger charge is 2.57. The number of aliphatic hydroxyl groups is 4. The summed E-state index contributed by atoms with van der Waals surface area (Å²) >= 11 is 0. The summed E-state index contributed by atoms with van der Waals surface area (Å²) in [6.45, 7) is 6.41. The van der Waals surface area contributed by atoms with Gasteiger partial charge in [0.25, 0.3) is 0 Å². The zero-order chi connectivity index (χ0) is 17.8. The summed E-state index contributed by atoms with van der Waals surface area (Å²) < 4.78 is 0. The monoisotopic (exact) mass is 338 g/mol. The third-order valence-corrected chi connectivity index (χ3v) is 7.76. The van der Waals surface area contributed by atoms with E-state index in [-0.39, 0.29) is 35.6 Å². The maximum Gasteiger partial charge on any atom is 0.0858 e. The van der Waals surface area contributed by atoms with Gasteiger partial charge in [0.2, 0.25) is 0 Å². The van der Waals surface area contributed by atoms with Crippen molar-refractivity contribution in [2.24, 2.45) is 28.1 Å². The van der Waals surface area contributed by atoms with Crippen molar-refractivity contribution in [2.75, 3.05) is 13.2 Å². The van der Waals surface area contributed by atoms with Crippen LogP contribution in [0, 0.1) is 28.1 Å². The summed E-state index contributed by atoms with van der Waals surface area (Å²) in [6.07, 6.45) is 6.54. The Morgan fingerprint density at radius 3 is 2.50 bits per heavy atom. The fourth-order valence-electron chi connectivity index (χ4n) is 6.46. The first-order chi connectivity index (χ1) is 11.2. The molecule has 0 saturated heterocycles. The van der Waals surface area contributed by atoms with E-state index in [1.807, 2.05) is 6.92 Å². The predicted molar refractivity (Wildman–Crippen MR) is 93.3 cm³/mol. The van der Waals surface area contributed by atoms with Crippen molar-refractivity contribution < 1.29 is 20.4 Å². The van der Waals surface area contributed by atoms with E-state index in [9.17, 15) is 20.4 Å². The molecule has 2 fully saturated rings. The lowest BCUT2D eigenvalue weighted by Crippen LogP contribution is -2.56. The van der Waals surface area contributed by atoms with Crippen LogP contribution in [0.3, 0.4) is 0 Å². The molecule has 3 aliphatic rings. The first kappa shape index (κ1) is 18.4. The molecule has 138 valence electrons. The summed E-state index contributed by atoms with van der Waals surface area (Å²) in [5.74, 6) is 0.837. The molecule has 3 aliphatic carbocycles. The summed E-state index contributed by atoms with van der Waals surface area (Å²) in [5, 5.41) is 40.1. The predicted octanol–water partition coefficient (Wildman–Crippen LogP) is 2.25. The van der Waals surface area contributed by atoms with Gasteiger partial charge in [0.05, 0.1) is 18.8 Å². The van der Waals surface area contributed by atoms with Crippen molar-refractivity contribution in [3.63, 3.8) is 0 Å². The topological polar surface area (TPSA) is 80.9 Å². The van der Waals surface area contributed by atoms with Crippen molar-refractivity contribution in [3.8, 4) is 0 Å². The number of allylic oxidation sites excluding steroid dienone is 1. The molecule has 0 spiro atoms. The molecule has 0 bridgehead atoms. The van der Waals surface area contributed by atoms with Crippen LogP contribution in [0.4, 0.5) is 0 Å². The average Bonchev–Trinajstić information content (AvgIpc) is 2.52. The Balaban J connectivity index is 1.95. The SMILES string of the molecule is C[C@]1(CO)C[C@@H](O)C[C@@]2(C)[C@@H]3CC[C@](C)([C@@H](O)CO)C=C3CC[C@H]12. The van der Waals surface area contributed by atoms with Gasteiger partial charge < -0.3 is 20.4 Å². The largest absolute Gasteiger partial charge is 0.396 e. The number of fused-ring (bicyclic) bond motifs is 3. The van der Waals surface area contributed by atoms with Crippen LogP contribution in [0.25, 0.3) is 0 Å². The maximum atomic E-state index is 10.5. The zero-order valence-corrected chi connectivity index (χ0v) is 15.3. The third-order valence-electron chi connectivity index (χ3n) is 7.76. The van der Waals surface area contributed by atoms with Crippen molar-refractivity contribution in [3.05, 3.63) is 11.6 Å². The highest BCUT2D eigenvalue weighted by molar-refractivity contribution is 5.25. The van der Waals surface area contributed by atoms with Crippen LogP contribution in [0.2, 0.25) is 0 Å². The summed E-state index contributed by atoms with van der Waals surface area (Å²) in [5.41, 5.74) is 0.843. The molecule has 4 N–H and O–H groups in total. The van der Waals surface area contributed by atoms with Gasteiger partial charge in [-0.3, -0.25) is 0 Å². The van der Waals surface area contributed by atoms with E-state index in [1.54, 1.807) is 0 Å². The van der Waals surface area contributed by atoms with Crippen molar-refractivity contribution in [1.29, 1.82) is 0 Å². The van der Waals surface area contributed by atoms with Crippen LogP contribution in [-0.4, -0.2) is 45.8 Å². The molecule has 3 rings (SSSR count). The molecule has 0 aromatic rings. The Morgan fingerprint density at radius 1 is 1.17 bits per heavy atom. The molecule has 0 heterocycles. The van der Waals surface area contributed by atoms with Crippen LogP contribution in [0.5, 0.6) is 0 Å². The Kier molecular flexibility index (Phi) is 4.66. The molecule has 0 aliphatic heterocycles. The third kappa shape index (κ3) is 2.66. The molecule has 0 aromatic carbocycles. The normalized spacial score (nSPS) is 49.8. The minimum atomic E-state index is -0.712. The van der Waals surface area contributed by atoms with E-state index in [1.165, 1.54) is 5.57 Å². The second kappa shape index (κ2) is 6.08. The van der Waals surface area contributed by atoms with Gasteiger partial charge in [0, 0.05) is 12.0 Å².